The van der Waals surface area contributed by atoms with Crippen molar-refractivity contribution in [2.75, 3.05) is 11.9 Å². The molecule has 164 valence electrons. The molecule has 3 rings (SSSR count). The lowest BCUT2D eigenvalue weighted by atomic mass is 10.1. The van der Waals surface area contributed by atoms with Crippen molar-refractivity contribution in [3.8, 4) is 6.07 Å². The molecule has 1 aliphatic carbocycles. The summed E-state index contributed by atoms with van der Waals surface area (Å²) < 4.78 is 47.7. The molecule has 1 aromatic heterocycles. The van der Waals surface area contributed by atoms with E-state index in [-0.39, 0.29) is 27.8 Å². The Labute approximate surface area is 185 Å². The molecule has 0 fully saturated rings. The monoisotopic (exact) mass is 471 g/mol. The quantitative estimate of drug-likeness (QED) is 0.480. The second-order valence-electron chi connectivity index (χ2n) is 6.73. The third kappa shape index (κ3) is 4.34. The van der Waals surface area contributed by atoms with Gasteiger partial charge in [-0.25, -0.2) is 4.79 Å². The molecule has 0 saturated heterocycles. The highest BCUT2D eigenvalue weighted by molar-refractivity contribution is 7.16. The maximum atomic E-state index is 14.3. The van der Waals surface area contributed by atoms with Gasteiger partial charge in [-0.15, -0.1) is 11.3 Å². The Morgan fingerprint density at radius 2 is 2.06 bits per heavy atom. The van der Waals surface area contributed by atoms with E-state index >= 15 is 0 Å². The maximum absolute atomic E-state index is 14.3. The van der Waals surface area contributed by atoms with Crippen LogP contribution in [0.25, 0.3) is 0 Å². The van der Waals surface area contributed by atoms with Crippen LogP contribution in [0.5, 0.6) is 0 Å². The van der Waals surface area contributed by atoms with E-state index in [0.717, 1.165) is 22.6 Å². The summed E-state index contributed by atoms with van der Waals surface area (Å²) >= 11 is 6.79. The van der Waals surface area contributed by atoms with Crippen LogP contribution >= 0.6 is 22.9 Å². The molecular weight excluding hydrogens is 455 g/mol. The van der Waals surface area contributed by atoms with Crippen molar-refractivity contribution in [2.24, 2.45) is 0 Å². The average Bonchev–Trinajstić information content (AvgIpc) is 3.27. The van der Waals surface area contributed by atoms with Gasteiger partial charge in [-0.1, -0.05) is 17.7 Å². The summed E-state index contributed by atoms with van der Waals surface area (Å²) in [5.41, 5.74) is -3.09. The number of ether oxygens (including phenoxy) is 1. The van der Waals surface area contributed by atoms with E-state index in [1.54, 1.807) is 5.32 Å². The third-order valence-electron chi connectivity index (χ3n) is 4.73. The summed E-state index contributed by atoms with van der Waals surface area (Å²) in [6.45, 7) is 0.996. The second-order valence-corrected chi connectivity index (χ2v) is 8.27. The first kappa shape index (κ1) is 22.9. The molecular formula is C20H17ClF3N3O3S. The number of halogens is 4. The van der Waals surface area contributed by atoms with Gasteiger partial charge >= 0.3 is 17.8 Å². The van der Waals surface area contributed by atoms with E-state index in [1.165, 1.54) is 31.2 Å². The molecule has 1 aromatic carbocycles. The SMILES string of the molecule is CCOC(=O)C(NC(=O)c1cccc(Cl)c1)(Nc1sc2c(c1C#N)CCC2)C(F)(F)F. The summed E-state index contributed by atoms with van der Waals surface area (Å²) in [7, 11) is 0. The molecule has 1 atom stereocenters. The molecule has 0 bridgehead atoms. The lowest BCUT2D eigenvalue weighted by molar-refractivity contribution is -0.204. The number of esters is 1. The van der Waals surface area contributed by atoms with E-state index in [1.807, 2.05) is 6.07 Å². The number of thiophene rings is 1. The number of alkyl halides is 3. The van der Waals surface area contributed by atoms with E-state index in [9.17, 15) is 28.0 Å². The van der Waals surface area contributed by atoms with Crippen molar-refractivity contribution in [3.05, 3.63) is 50.9 Å². The molecule has 6 nitrogen and oxygen atoms in total. The predicted octanol–water partition coefficient (Wildman–Crippen LogP) is 4.43. The number of hydrogen-bond donors (Lipinski definition) is 2. The number of benzene rings is 1. The van der Waals surface area contributed by atoms with Crippen LogP contribution in [0.15, 0.2) is 24.3 Å². The Balaban J connectivity index is 2.09. The summed E-state index contributed by atoms with van der Waals surface area (Å²) in [6.07, 6.45) is -3.31. The van der Waals surface area contributed by atoms with Crippen molar-refractivity contribution >= 4 is 39.8 Å². The summed E-state index contributed by atoms with van der Waals surface area (Å²) in [6, 6.07) is 7.18. The molecule has 0 spiro atoms. The molecule has 0 aliphatic heterocycles. The standard InChI is InChI=1S/C20H17ClF3N3O3S/c1-2-30-18(29)19(20(22,23)24,26-16(28)11-5-3-6-12(21)9-11)27-17-14(10-25)13-7-4-8-15(13)31-17/h3,5-6,9,27H,2,4,7-8H2,1H3,(H,26,28). The van der Waals surface area contributed by atoms with Crippen LogP contribution in [0.2, 0.25) is 5.02 Å². The largest absolute Gasteiger partial charge is 0.463 e. The highest BCUT2D eigenvalue weighted by Crippen LogP contribution is 2.42. The van der Waals surface area contributed by atoms with Gasteiger partial charge in [0.2, 0.25) is 0 Å². The fourth-order valence-electron chi connectivity index (χ4n) is 3.28. The van der Waals surface area contributed by atoms with Gasteiger partial charge in [-0.05, 0) is 49.9 Å². The fraction of sp³-hybridized carbons (Fsp3) is 0.350. The zero-order valence-corrected chi connectivity index (χ0v) is 17.8. The van der Waals surface area contributed by atoms with E-state index < -0.39 is 23.7 Å². The van der Waals surface area contributed by atoms with Crippen LogP contribution in [0.4, 0.5) is 18.2 Å². The number of anilines is 1. The Hall–Kier alpha value is -2.77. The van der Waals surface area contributed by atoms with E-state index in [0.29, 0.717) is 18.4 Å². The van der Waals surface area contributed by atoms with Crippen LogP contribution in [0.1, 0.15) is 39.7 Å². The lowest BCUT2D eigenvalue weighted by Gasteiger charge is -2.35. The van der Waals surface area contributed by atoms with Crippen LogP contribution in [-0.4, -0.2) is 30.3 Å². The number of nitrogens with one attached hydrogen (secondary N) is 2. The maximum Gasteiger partial charge on any atom is 0.441 e. The molecule has 1 amide bonds. The number of fused-ring (bicyclic) bond motifs is 1. The number of amides is 1. The zero-order chi connectivity index (χ0) is 22.8. The number of rotatable bonds is 6. The minimum absolute atomic E-state index is 0.0347. The summed E-state index contributed by atoms with van der Waals surface area (Å²) in [5.74, 6) is -2.93. The molecule has 0 saturated carbocycles. The number of carbonyl (C=O) groups is 2. The Bertz CT molecular complexity index is 1060. The minimum atomic E-state index is -5.30. The molecule has 2 aromatic rings. The Morgan fingerprint density at radius 3 is 2.68 bits per heavy atom. The molecule has 11 heteroatoms. The number of hydrogen-bond acceptors (Lipinski definition) is 6. The highest BCUT2D eigenvalue weighted by Gasteiger charge is 2.64. The van der Waals surface area contributed by atoms with Gasteiger partial charge in [0, 0.05) is 15.5 Å². The van der Waals surface area contributed by atoms with Crippen LogP contribution in [0, 0.1) is 11.3 Å². The molecule has 1 aliphatic rings. The molecule has 1 heterocycles. The zero-order valence-electron chi connectivity index (χ0n) is 16.2. The minimum Gasteiger partial charge on any atom is -0.463 e. The van der Waals surface area contributed by atoms with Crippen molar-refractivity contribution in [2.45, 2.75) is 38.0 Å². The van der Waals surface area contributed by atoms with Crippen LogP contribution in [0.3, 0.4) is 0 Å². The van der Waals surface area contributed by atoms with Crippen LogP contribution in [-0.2, 0) is 22.4 Å². The lowest BCUT2D eigenvalue weighted by Crippen LogP contribution is -2.69. The number of nitriles is 1. The highest BCUT2D eigenvalue weighted by atomic mass is 35.5. The van der Waals surface area contributed by atoms with E-state index in [2.05, 4.69) is 10.1 Å². The number of carbonyl (C=O) groups excluding carboxylic acids is 2. The van der Waals surface area contributed by atoms with Gasteiger partial charge in [0.05, 0.1) is 12.2 Å². The van der Waals surface area contributed by atoms with Gasteiger partial charge in [-0.3, -0.25) is 4.79 Å². The van der Waals surface area contributed by atoms with Crippen molar-refractivity contribution < 1.29 is 27.5 Å². The van der Waals surface area contributed by atoms with Gasteiger partial charge in [-0.2, -0.15) is 18.4 Å². The van der Waals surface area contributed by atoms with Gasteiger partial charge in [0.15, 0.2) is 0 Å². The normalized spacial score (nSPS) is 14.8. The average molecular weight is 472 g/mol. The first-order chi connectivity index (χ1) is 14.6. The third-order valence-corrected chi connectivity index (χ3v) is 6.17. The molecule has 0 radical (unpaired) electrons. The summed E-state index contributed by atoms with van der Waals surface area (Å²) in [4.78, 5) is 26.1. The van der Waals surface area contributed by atoms with Crippen molar-refractivity contribution in [1.82, 2.24) is 5.32 Å². The van der Waals surface area contributed by atoms with E-state index in [4.69, 9.17) is 11.6 Å². The Morgan fingerprint density at radius 1 is 1.32 bits per heavy atom. The smallest absolute Gasteiger partial charge is 0.441 e. The second kappa shape index (κ2) is 8.77. The predicted molar refractivity (Wildman–Crippen MR) is 109 cm³/mol. The topological polar surface area (TPSA) is 91.2 Å². The number of aryl methyl sites for hydroxylation is 1. The first-order valence-electron chi connectivity index (χ1n) is 9.27. The van der Waals surface area contributed by atoms with Gasteiger partial charge in [0.25, 0.3) is 5.91 Å². The molecule has 31 heavy (non-hydrogen) atoms. The van der Waals surface area contributed by atoms with Gasteiger partial charge < -0.3 is 15.4 Å². The van der Waals surface area contributed by atoms with Crippen LogP contribution < -0.4 is 10.6 Å². The first-order valence-corrected chi connectivity index (χ1v) is 10.5. The Kier molecular flexibility index (Phi) is 6.48. The van der Waals surface area contributed by atoms with Crippen molar-refractivity contribution in [1.29, 1.82) is 5.26 Å². The molecule has 2 N–H and O–H groups in total. The molecule has 1 unspecified atom stereocenters. The van der Waals surface area contributed by atoms with Crippen molar-refractivity contribution in [3.63, 3.8) is 0 Å². The van der Waals surface area contributed by atoms with Gasteiger partial charge in [0.1, 0.15) is 11.1 Å². The summed E-state index contributed by atoms with van der Waals surface area (Å²) in [5, 5.41) is 13.4. The fourth-order valence-corrected chi connectivity index (χ4v) is 4.77. The number of nitrogens with zero attached hydrogens (tertiary/aromatic N) is 1.